The third-order valence-corrected chi connectivity index (χ3v) is 3.61. The van der Waals surface area contributed by atoms with Gasteiger partial charge in [-0.3, -0.25) is 4.99 Å². The number of nitrogens with zero attached hydrogens (tertiary/aromatic N) is 1. The Hall–Kier alpha value is -1.02. The van der Waals surface area contributed by atoms with Crippen molar-refractivity contribution in [3.63, 3.8) is 0 Å². The van der Waals surface area contributed by atoms with Crippen LogP contribution in [0, 0.1) is 0 Å². The maximum Gasteiger partial charge on any atom is 0.191 e. The molecule has 0 aliphatic heterocycles. The van der Waals surface area contributed by atoms with E-state index in [0.717, 1.165) is 37.8 Å². The van der Waals surface area contributed by atoms with E-state index in [0.29, 0.717) is 0 Å². The summed E-state index contributed by atoms with van der Waals surface area (Å²) in [6.07, 6.45) is 0.957. The van der Waals surface area contributed by atoms with Crippen LogP contribution < -0.4 is 15.4 Å². The molecule has 0 radical (unpaired) electrons. The van der Waals surface area contributed by atoms with E-state index < -0.39 is 0 Å². The van der Waals surface area contributed by atoms with Crippen molar-refractivity contribution in [1.29, 1.82) is 0 Å². The van der Waals surface area contributed by atoms with Gasteiger partial charge in [-0.05, 0) is 24.1 Å². The van der Waals surface area contributed by atoms with Crippen molar-refractivity contribution in [3.05, 3.63) is 29.8 Å². The molecule has 6 heteroatoms. The van der Waals surface area contributed by atoms with Crippen molar-refractivity contribution in [1.82, 2.24) is 10.6 Å². The summed E-state index contributed by atoms with van der Waals surface area (Å²) in [7, 11) is 5.18. The Balaban J connectivity index is 0.00000484. The zero-order valence-electron chi connectivity index (χ0n) is 14.8. The molecule has 0 heterocycles. The molecule has 1 aromatic carbocycles. The summed E-state index contributed by atoms with van der Waals surface area (Å²) in [4.78, 5) is 4.24. The Morgan fingerprint density at radius 2 is 1.78 bits per heavy atom. The fourth-order valence-electron chi connectivity index (χ4n) is 2.09. The Kier molecular flexibility index (Phi) is 11.0. The molecule has 0 atom stereocenters. The summed E-state index contributed by atoms with van der Waals surface area (Å²) in [6.45, 7) is 6.81. The highest BCUT2D eigenvalue weighted by Gasteiger charge is 2.20. The molecule has 0 amide bonds. The van der Waals surface area contributed by atoms with Gasteiger partial charge < -0.3 is 20.1 Å². The Bertz CT molecular complexity index is 461. The van der Waals surface area contributed by atoms with Crippen LogP contribution in [0.2, 0.25) is 0 Å². The fraction of sp³-hybridized carbons (Fsp3) is 0.588. The molecule has 0 aliphatic carbocycles. The van der Waals surface area contributed by atoms with Gasteiger partial charge in [0.25, 0.3) is 0 Å². The van der Waals surface area contributed by atoms with Gasteiger partial charge in [-0.15, -0.1) is 24.0 Å². The lowest BCUT2D eigenvalue weighted by Crippen LogP contribution is -2.43. The monoisotopic (exact) mass is 435 g/mol. The maximum atomic E-state index is 5.21. The molecule has 0 saturated carbocycles. The van der Waals surface area contributed by atoms with Crippen LogP contribution >= 0.6 is 24.0 Å². The molecule has 1 rings (SSSR count). The predicted molar refractivity (Wildman–Crippen MR) is 107 cm³/mol. The van der Waals surface area contributed by atoms with E-state index in [1.807, 2.05) is 12.1 Å². The maximum absolute atomic E-state index is 5.21. The van der Waals surface area contributed by atoms with Crippen LogP contribution in [0.25, 0.3) is 0 Å². The summed E-state index contributed by atoms with van der Waals surface area (Å²) < 4.78 is 10.2. The molecule has 0 saturated heterocycles. The van der Waals surface area contributed by atoms with Gasteiger partial charge in [0.15, 0.2) is 5.96 Å². The second kappa shape index (κ2) is 11.5. The van der Waals surface area contributed by atoms with E-state index in [2.05, 4.69) is 41.6 Å². The Labute approximate surface area is 157 Å². The second-order valence-electron chi connectivity index (χ2n) is 5.81. The predicted octanol–water partition coefficient (Wildman–Crippen LogP) is 2.79. The molecule has 0 aliphatic rings. The molecule has 0 bridgehead atoms. The van der Waals surface area contributed by atoms with Gasteiger partial charge in [-0.2, -0.15) is 0 Å². The summed E-state index contributed by atoms with van der Waals surface area (Å²) >= 11 is 0. The number of hydrogen-bond acceptors (Lipinski definition) is 3. The lowest BCUT2D eigenvalue weighted by Gasteiger charge is -2.27. The van der Waals surface area contributed by atoms with Gasteiger partial charge >= 0.3 is 0 Å². The number of halogens is 1. The standard InChI is InChI=1S/C17H29N3O2.HI/c1-17(2,14-7-9-15(22-5)10-8-14)13-20-16(18-3)19-11-6-12-21-4;/h7-10H,6,11-13H2,1-5H3,(H2,18,19,20);1H. The smallest absolute Gasteiger partial charge is 0.191 e. The highest BCUT2D eigenvalue weighted by Crippen LogP contribution is 2.24. The third-order valence-electron chi connectivity index (χ3n) is 3.61. The highest BCUT2D eigenvalue weighted by atomic mass is 127. The largest absolute Gasteiger partial charge is 0.497 e. The van der Waals surface area contributed by atoms with E-state index >= 15 is 0 Å². The number of hydrogen-bond donors (Lipinski definition) is 2. The normalized spacial score (nSPS) is 11.6. The van der Waals surface area contributed by atoms with E-state index in [9.17, 15) is 0 Å². The quantitative estimate of drug-likeness (QED) is 0.286. The van der Waals surface area contributed by atoms with Crippen LogP contribution in [-0.4, -0.2) is 46.9 Å². The number of guanidine groups is 1. The zero-order valence-corrected chi connectivity index (χ0v) is 17.1. The number of ether oxygens (including phenoxy) is 2. The number of benzene rings is 1. The molecule has 1 aromatic rings. The van der Waals surface area contributed by atoms with Crippen molar-refractivity contribution < 1.29 is 9.47 Å². The Morgan fingerprint density at radius 3 is 2.30 bits per heavy atom. The van der Waals surface area contributed by atoms with Gasteiger partial charge in [0.2, 0.25) is 0 Å². The molecule has 0 fully saturated rings. The number of rotatable bonds is 8. The van der Waals surface area contributed by atoms with Crippen LogP contribution in [-0.2, 0) is 10.2 Å². The van der Waals surface area contributed by atoms with Crippen molar-refractivity contribution in [3.8, 4) is 5.75 Å². The average Bonchev–Trinajstić information content (AvgIpc) is 2.54. The average molecular weight is 435 g/mol. The van der Waals surface area contributed by atoms with Crippen LogP contribution in [0.1, 0.15) is 25.8 Å². The van der Waals surface area contributed by atoms with E-state index in [1.54, 1.807) is 21.3 Å². The van der Waals surface area contributed by atoms with Crippen LogP contribution in [0.4, 0.5) is 0 Å². The molecular formula is C17H30IN3O2. The molecule has 0 unspecified atom stereocenters. The minimum Gasteiger partial charge on any atom is -0.497 e. The highest BCUT2D eigenvalue weighted by molar-refractivity contribution is 14.0. The van der Waals surface area contributed by atoms with Crippen molar-refractivity contribution in [2.45, 2.75) is 25.7 Å². The Morgan fingerprint density at radius 1 is 1.13 bits per heavy atom. The molecule has 23 heavy (non-hydrogen) atoms. The lowest BCUT2D eigenvalue weighted by atomic mass is 9.84. The zero-order chi connectivity index (χ0) is 16.4. The lowest BCUT2D eigenvalue weighted by molar-refractivity contribution is 0.195. The van der Waals surface area contributed by atoms with Gasteiger partial charge in [-0.1, -0.05) is 26.0 Å². The number of nitrogens with one attached hydrogen (secondary N) is 2. The molecule has 132 valence electrons. The van der Waals surface area contributed by atoms with Gasteiger partial charge in [0.1, 0.15) is 5.75 Å². The SMILES string of the molecule is CN=C(NCCCOC)NCC(C)(C)c1ccc(OC)cc1.I. The van der Waals surface area contributed by atoms with E-state index in [4.69, 9.17) is 9.47 Å². The van der Waals surface area contributed by atoms with Crippen molar-refractivity contribution >= 4 is 29.9 Å². The minimum atomic E-state index is -0.00355. The summed E-state index contributed by atoms with van der Waals surface area (Å²) in [5, 5.41) is 6.67. The van der Waals surface area contributed by atoms with Crippen LogP contribution in [0.3, 0.4) is 0 Å². The van der Waals surface area contributed by atoms with Crippen molar-refractivity contribution in [2.24, 2.45) is 4.99 Å². The van der Waals surface area contributed by atoms with E-state index in [-0.39, 0.29) is 29.4 Å². The fourth-order valence-corrected chi connectivity index (χ4v) is 2.09. The first kappa shape index (κ1) is 22.0. The van der Waals surface area contributed by atoms with Crippen LogP contribution in [0.5, 0.6) is 5.75 Å². The summed E-state index contributed by atoms with van der Waals surface area (Å²) in [5.41, 5.74) is 1.26. The molecule has 5 nitrogen and oxygen atoms in total. The van der Waals surface area contributed by atoms with Gasteiger partial charge in [0, 0.05) is 39.3 Å². The second-order valence-corrected chi connectivity index (χ2v) is 5.81. The van der Waals surface area contributed by atoms with Gasteiger partial charge in [-0.25, -0.2) is 0 Å². The topological polar surface area (TPSA) is 54.9 Å². The third kappa shape index (κ3) is 7.87. The van der Waals surface area contributed by atoms with Gasteiger partial charge in [0.05, 0.1) is 7.11 Å². The molecule has 2 N–H and O–H groups in total. The summed E-state index contributed by atoms with van der Waals surface area (Å²) in [5.74, 6) is 1.70. The van der Waals surface area contributed by atoms with Crippen molar-refractivity contribution in [2.75, 3.05) is 41.0 Å². The summed E-state index contributed by atoms with van der Waals surface area (Å²) in [6, 6.07) is 8.20. The van der Waals surface area contributed by atoms with E-state index in [1.165, 1.54) is 5.56 Å². The minimum absolute atomic E-state index is 0. The first-order valence-electron chi connectivity index (χ1n) is 7.61. The van der Waals surface area contributed by atoms with Crippen LogP contribution in [0.15, 0.2) is 29.3 Å². The first-order valence-corrected chi connectivity index (χ1v) is 7.61. The number of aliphatic imine (C=N–C) groups is 1. The first-order chi connectivity index (χ1) is 10.5. The number of methoxy groups -OCH3 is 2. The molecule has 0 spiro atoms. The molecular weight excluding hydrogens is 405 g/mol. The molecule has 0 aromatic heterocycles.